The predicted molar refractivity (Wildman–Crippen MR) is 82.8 cm³/mol. The molecule has 6 nitrogen and oxygen atoms in total. The van der Waals surface area contributed by atoms with Gasteiger partial charge in [-0.15, -0.1) is 0 Å². The Balaban J connectivity index is 1.52. The highest BCUT2D eigenvalue weighted by Crippen LogP contribution is 2.27. The highest BCUT2D eigenvalue weighted by atomic mass is 16.2. The van der Waals surface area contributed by atoms with Crippen molar-refractivity contribution in [3.05, 3.63) is 47.8 Å². The van der Waals surface area contributed by atoms with Crippen molar-refractivity contribution in [3.8, 4) is 5.69 Å². The van der Waals surface area contributed by atoms with Gasteiger partial charge in [0.05, 0.1) is 11.2 Å². The van der Waals surface area contributed by atoms with E-state index in [-0.39, 0.29) is 11.6 Å². The number of hydrogen-bond acceptors (Lipinski definition) is 3. The molecule has 2 fully saturated rings. The predicted octanol–water partition coefficient (Wildman–Crippen LogP) is 1.05. The van der Waals surface area contributed by atoms with Crippen LogP contribution in [-0.2, 0) is 6.54 Å². The molecule has 2 aromatic rings. The number of benzene rings is 1. The lowest BCUT2D eigenvalue weighted by Gasteiger charge is -2.47. The fraction of sp³-hybridized carbons (Fsp3) is 0.375. The van der Waals surface area contributed by atoms with Gasteiger partial charge >= 0.3 is 6.03 Å². The van der Waals surface area contributed by atoms with Gasteiger partial charge in [0.15, 0.2) is 0 Å². The third-order valence-electron chi connectivity index (χ3n) is 4.40. The first-order chi connectivity index (χ1) is 10.6. The van der Waals surface area contributed by atoms with Crippen molar-refractivity contribution in [1.29, 1.82) is 0 Å². The van der Waals surface area contributed by atoms with Gasteiger partial charge in [0.1, 0.15) is 0 Å². The molecule has 2 aliphatic heterocycles. The fourth-order valence-electron chi connectivity index (χ4n) is 3.41. The average molecular weight is 297 g/mol. The first-order valence-electron chi connectivity index (χ1n) is 7.52. The Labute approximate surface area is 129 Å². The lowest BCUT2D eigenvalue weighted by Crippen LogP contribution is -2.68. The molecule has 0 unspecified atom stereocenters. The summed E-state index contributed by atoms with van der Waals surface area (Å²) in [4.78, 5) is 13.7. The molecule has 2 amide bonds. The van der Waals surface area contributed by atoms with Crippen LogP contribution in [-0.4, -0.2) is 45.9 Å². The summed E-state index contributed by atoms with van der Waals surface area (Å²) < 4.78 is 1.91. The largest absolute Gasteiger partial charge is 0.336 e. The molecule has 114 valence electrons. The van der Waals surface area contributed by atoms with Gasteiger partial charge in [-0.05, 0) is 24.6 Å². The number of aryl methyl sites for hydroxylation is 1. The van der Waals surface area contributed by atoms with E-state index in [4.69, 9.17) is 0 Å². The Hall–Kier alpha value is -2.34. The molecule has 6 heteroatoms. The van der Waals surface area contributed by atoms with Gasteiger partial charge in [-0.25, -0.2) is 9.48 Å². The van der Waals surface area contributed by atoms with E-state index in [1.165, 1.54) is 11.1 Å². The second kappa shape index (κ2) is 4.84. The van der Waals surface area contributed by atoms with E-state index in [9.17, 15) is 4.79 Å². The molecule has 1 aromatic heterocycles. The first kappa shape index (κ1) is 13.3. The molecule has 2 saturated heterocycles. The van der Waals surface area contributed by atoms with Crippen molar-refractivity contribution < 1.29 is 4.79 Å². The lowest BCUT2D eigenvalue weighted by molar-refractivity contribution is 0.0595. The summed E-state index contributed by atoms with van der Waals surface area (Å²) in [6, 6.07) is 8.33. The number of likely N-dealkylation sites (tertiary alicyclic amines) is 1. The third-order valence-corrected chi connectivity index (χ3v) is 4.40. The summed E-state index contributed by atoms with van der Waals surface area (Å²) in [5.41, 5.74) is 3.56. The summed E-state index contributed by atoms with van der Waals surface area (Å²) >= 11 is 0. The molecule has 0 saturated carbocycles. The zero-order chi connectivity index (χ0) is 15.2. The Bertz CT molecular complexity index is 703. The number of urea groups is 1. The zero-order valence-electron chi connectivity index (χ0n) is 12.5. The second-order valence-electron chi connectivity index (χ2n) is 6.32. The van der Waals surface area contributed by atoms with Crippen LogP contribution in [0.2, 0.25) is 0 Å². The van der Waals surface area contributed by atoms with Crippen LogP contribution in [0.25, 0.3) is 5.69 Å². The van der Waals surface area contributed by atoms with E-state index in [2.05, 4.69) is 45.8 Å². The number of hydrogen-bond donors (Lipinski definition) is 2. The SMILES string of the molecule is Cc1ccc(-n2cccn2)c(CN2CC3(CNC(=O)N3)C2)c1. The summed E-state index contributed by atoms with van der Waals surface area (Å²) in [6.45, 7) is 5.47. The van der Waals surface area contributed by atoms with Gasteiger partial charge in [-0.3, -0.25) is 4.90 Å². The zero-order valence-corrected chi connectivity index (χ0v) is 12.5. The first-order valence-corrected chi connectivity index (χ1v) is 7.52. The monoisotopic (exact) mass is 297 g/mol. The van der Waals surface area contributed by atoms with Crippen molar-refractivity contribution in [2.75, 3.05) is 19.6 Å². The number of carbonyl (C=O) groups is 1. The smallest absolute Gasteiger partial charge is 0.315 e. The molecule has 1 spiro atoms. The maximum Gasteiger partial charge on any atom is 0.315 e. The minimum absolute atomic E-state index is 0.0487. The number of carbonyl (C=O) groups excluding carboxylic acids is 1. The third kappa shape index (κ3) is 2.25. The Morgan fingerprint density at radius 2 is 2.23 bits per heavy atom. The topological polar surface area (TPSA) is 62.2 Å². The molecule has 0 radical (unpaired) electrons. The second-order valence-corrected chi connectivity index (χ2v) is 6.32. The molecule has 2 aliphatic rings. The van der Waals surface area contributed by atoms with E-state index < -0.39 is 0 Å². The Morgan fingerprint density at radius 3 is 2.91 bits per heavy atom. The van der Waals surface area contributed by atoms with Gasteiger partial charge in [0.2, 0.25) is 0 Å². The van der Waals surface area contributed by atoms with Gasteiger partial charge in [-0.1, -0.05) is 17.7 Å². The summed E-state index contributed by atoms with van der Waals surface area (Å²) in [6.07, 6.45) is 3.76. The van der Waals surface area contributed by atoms with E-state index >= 15 is 0 Å². The average Bonchev–Trinajstić information content (AvgIpc) is 3.08. The van der Waals surface area contributed by atoms with Gasteiger partial charge in [0, 0.05) is 38.6 Å². The van der Waals surface area contributed by atoms with E-state index in [1.807, 2.05) is 16.9 Å². The van der Waals surface area contributed by atoms with Crippen LogP contribution in [0.4, 0.5) is 4.79 Å². The van der Waals surface area contributed by atoms with Crippen LogP contribution in [0, 0.1) is 6.92 Å². The molecular weight excluding hydrogens is 278 g/mol. The van der Waals surface area contributed by atoms with Crippen molar-refractivity contribution in [2.24, 2.45) is 0 Å². The van der Waals surface area contributed by atoms with Crippen LogP contribution in [0.5, 0.6) is 0 Å². The molecule has 22 heavy (non-hydrogen) atoms. The molecule has 0 aliphatic carbocycles. The quantitative estimate of drug-likeness (QED) is 0.890. The highest BCUT2D eigenvalue weighted by Gasteiger charge is 2.47. The molecule has 3 heterocycles. The summed E-state index contributed by atoms with van der Waals surface area (Å²) in [5.74, 6) is 0. The van der Waals surface area contributed by atoms with Crippen molar-refractivity contribution in [1.82, 2.24) is 25.3 Å². The highest BCUT2D eigenvalue weighted by molar-refractivity contribution is 5.78. The summed E-state index contributed by atoms with van der Waals surface area (Å²) in [5, 5.41) is 10.2. The molecule has 0 bridgehead atoms. The number of nitrogens with zero attached hydrogens (tertiary/aromatic N) is 3. The minimum atomic E-state index is -0.0627. The number of rotatable bonds is 3. The minimum Gasteiger partial charge on any atom is -0.336 e. The Kier molecular flexibility index (Phi) is 2.94. The fourth-order valence-corrected chi connectivity index (χ4v) is 3.41. The van der Waals surface area contributed by atoms with Crippen LogP contribution in [0.3, 0.4) is 0 Å². The molecule has 1 aromatic carbocycles. The molecule has 4 rings (SSSR count). The molecule has 0 atom stereocenters. The van der Waals surface area contributed by atoms with Crippen LogP contribution in [0.1, 0.15) is 11.1 Å². The Morgan fingerprint density at radius 1 is 1.36 bits per heavy atom. The number of aromatic nitrogens is 2. The molecule has 2 N–H and O–H groups in total. The van der Waals surface area contributed by atoms with Crippen molar-refractivity contribution in [2.45, 2.75) is 19.0 Å². The van der Waals surface area contributed by atoms with E-state index in [0.717, 1.165) is 31.9 Å². The van der Waals surface area contributed by atoms with Crippen LogP contribution < -0.4 is 10.6 Å². The van der Waals surface area contributed by atoms with Gasteiger partial charge < -0.3 is 10.6 Å². The van der Waals surface area contributed by atoms with Gasteiger partial charge in [0.25, 0.3) is 0 Å². The van der Waals surface area contributed by atoms with E-state index in [0.29, 0.717) is 0 Å². The van der Waals surface area contributed by atoms with Crippen molar-refractivity contribution in [3.63, 3.8) is 0 Å². The van der Waals surface area contributed by atoms with Crippen LogP contribution >= 0.6 is 0 Å². The number of nitrogens with one attached hydrogen (secondary N) is 2. The van der Waals surface area contributed by atoms with Gasteiger partial charge in [-0.2, -0.15) is 5.10 Å². The normalized spacial score (nSPS) is 19.8. The molecular formula is C16H19N5O. The van der Waals surface area contributed by atoms with E-state index in [1.54, 1.807) is 6.20 Å². The standard InChI is InChI=1S/C16H19N5O/c1-12-3-4-14(21-6-2-5-18-21)13(7-12)8-20-10-16(11-20)9-17-15(22)19-16/h2-7H,8-11H2,1H3,(H2,17,19,22). The summed E-state index contributed by atoms with van der Waals surface area (Å²) in [7, 11) is 0. The maximum absolute atomic E-state index is 11.3. The van der Waals surface area contributed by atoms with Crippen LogP contribution in [0.15, 0.2) is 36.7 Å². The number of amides is 2. The van der Waals surface area contributed by atoms with Crippen molar-refractivity contribution >= 4 is 6.03 Å². The lowest BCUT2D eigenvalue weighted by atomic mass is 9.90. The maximum atomic E-state index is 11.3.